The molecule has 0 aliphatic carbocycles. The van der Waals surface area contributed by atoms with E-state index < -0.39 is 39.7 Å². The van der Waals surface area contributed by atoms with Gasteiger partial charge in [0.1, 0.15) is 5.75 Å². The highest BCUT2D eigenvalue weighted by atomic mass is 32.3. The van der Waals surface area contributed by atoms with E-state index in [4.69, 9.17) is 10.3 Å². The molecule has 0 aromatic heterocycles. The SMILES string of the molecule is CC(C)C(=O)Oc1ccc(S(=O)(=O)C(=[N+]=[N-])S(=O)(=O)C(C)(C)C)cc1. The van der Waals surface area contributed by atoms with Gasteiger partial charge in [0.2, 0.25) is 0 Å². The highest BCUT2D eigenvalue weighted by molar-refractivity contribution is 8.31. The summed E-state index contributed by atoms with van der Waals surface area (Å²) in [7, 11) is -8.99. The highest BCUT2D eigenvalue weighted by Gasteiger charge is 2.49. The molecule has 10 heteroatoms. The second-order valence-electron chi connectivity index (χ2n) is 6.53. The third-order valence-corrected chi connectivity index (χ3v) is 8.08. The summed E-state index contributed by atoms with van der Waals surface area (Å²) in [5, 5.41) is 0. The molecule has 0 unspecified atom stereocenters. The third-order valence-electron chi connectivity index (χ3n) is 3.17. The Morgan fingerprint density at radius 3 is 1.92 bits per heavy atom. The minimum Gasteiger partial charge on any atom is -0.426 e. The molecule has 0 atom stereocenters. The molecule has 0 N–H and O–H groups in total. The average Bonchev–Trinajstić information content (AvgIpc) is 2.46. The van der Waals surface area contributed by atoms with Gasteiger partial charge in [-0.2, -0.15) is 0 Å². The monoisotopic (exact) mass is 388 g/mol. The van der Waals surface area contributed by atoms with Gasteiger partial charge in [0.25, 0.3) is 19.7 Å². The van der Waals surface area contributed by atoms with Crippen molar-refractivity contribution >= 4 is 30.0 Å². The summed E-state index contributed by atoms with van der Waals surface area (Å²) in [6.07, 6.45) is 0. The number of esters is 1. The van der Waals surface area contributed by atoms with Gasteiger partial charge in [-0.1, -0.05) is 13.8 Å². The zero-order valence-electron chi connectivity index (χ0n) is 14.5. The number of hydrogen-bond acceptors (Lipinski definition) is 6. The predicted octanol–water partition coefficient (Wildman–Crippen LogP) is 1.82. The Morgan fingerprint density at radius 1 is 1.08 bits per heavy atom. The summed E-state index contributed by atoms with van der Waals surface area (Å²) in [4.78, 5) is 13.6. The van der Waals surface area contributed by atoms with Gasteiger partial charge in [-0.3, -0.25) is 4.79 Å². The number of nitrogens with zero attached hydrogens (tertiary/aromatic N) is 2. The lowest BCUT2D eigenvalue weighted by Gasteiger charge is -2.15. The molecule has 25 heavy (non-hydrogen) atoms. The molecule has 138 valence electrons. The second-order valence-corrected chi connectivity index (χ2v) is 11.3. The van der Waals surface area contributed by atoms with Crippen molar-refractivity contribution in [3.05, 3.63) is 29.8 Å². The fourth-order valence-corrected chi connectivity index (χ4v) is 5.16. The summed E-state index contributed by atoms with van der Waals surface area (Å²) < 4.78 is 52.0. The number of carbonyl (C=O) groups excluding carboxylic acids is 1. The maximum Gasteiger partial charge on any atom is 0.500 e. The Hall–Kier alpha value is -2.03. The van der Waals surface area contributed by atoms with E-state index in [0.29, 0.717) is 0 Å². The van der Waals surface area contributed by atoms with Gasteiger partial charge in [-0.25, -0.2) is 16.8 Å². The molecular weight excluding hydrogens is 368 g/mol. The van der Waals surface area contributed by atoms with Gasteiger partial charge in [0.15, 0.2) is 0 Å². The van der Waals surface area contributed by atoms with Crippen LogP contribution in [0.4, 0.5) is 0 Å². The molecule has 0 bridgehead atoms. The molecule has 0 saturated heterocycles. The zero-order valence-corrected chi connectivity index (χ0v) is 16.2. The predicted molar refractivity (Wildman–Crippen MR) is 91.4 cm³/mol. The summed E-state index contributed by atoms with van der Waals surface area (Å²) in [6.45, 7) is 7.15. The molecule has 1 aromatic carbocycles. The van der Waals surface area contributed by atoms with Crippen molar-refractivity contribution in [2.24, 2.45) is 5.92 Å². The Bertz CT molecular complexity index is 917. The summed E-state index contributed by atoms with van der Waals surface area (Å²) in [5.74, 6) is -0.754. The van der Waals surface area contributed by atoms with E-state index in [1.165, 1.54) is 32.9 Å². The van der Waals surface area contributed by atoms with Crippen LogP contribution in [0.1, 0.15) is 34.6 Å². The summed E-state index contributed by atoms with van der Waals surface area (Å²) in [6, 6.07) is 4.57. The minimum atomic E-state index is -4.58. The van der Waals surface area contributed by atoms with Gasteiger partial charge in [-0.15, -0.1) is 4.79 Å². The lowest BCUT2D eigenvalue weighted by Crippen LogP contribution is -2.39. The van der Waals surface area contributed by atoms with Gasteiger partial charge in [-0.05, 0) is 45.0 Å². The molecule has 0 radical (unpaired) electrons. The topological polar surface area (TPSA) is 131 Å². The van der Waals surface area contributed by atoms with E-state index in [-0.39, 0.29) is 11.7 Å². The fourth-order valence-electron chi connectivity index (χ4n) is 1.54. The molecule has 0 aliphatic heterocycles. The molecule has 0 heterocycles. The minimum absolute atomic E-state index is 0.110. The zero-order chi connectivity index (χ0) is 19.6. The van der Waals surface area contributed by atoms with E-state index >= 15 is 0 Å². The highest BCUT2D eigenvalue weighted by Crippen LogP contribution is 2.24. The number of sulfone groups is 2. The quantitative estimate of drug-likeness (QED) is 0.194. The van der Waals surface area contributed by atoms with Crippen LogP contribution in [0.5, 0.6) is 5.75 Å². The van der Waals surface area contributed by atoms with Crippen molar-refractivity contribution in [3.63, 3.8) is 0 Å². The van der Waals surface area contributed by atoms with Crippen LogP contribution in [-0.4, -0.2) is 36.7 Å². The first kappa shape index (κ1) is 21.0. The lowest BCUT2D eigenvalue weighted by molar-refractivity contribution is -0.137. The molecule has 0 spiro atoms. The molecule has 8 nitrogen and oxygen atoms in total. The number of hydrogen-bond donors (Lipinski definition) is 0. The third kappa shape index (κ3) is 4.33. The van der Waals surface area contributed by atoms with Gasteiger partial charge in [0.05, 0.1) is 15.6 Å². The first-order valence-electron chi connectivity index (χ1n) is 7.28. The first-order chi connectivity index (χ1) is 11.2. The summed E-state index contributed by atoms with van der Waals surface area (Å²) in [5.41, 5.74) is 9.02. The lowest BCUT2D eigenvalue weighted by atomic mass is 10.2. The van der Waals surface area contributed by atoms with Crippen molar-refractivity contribution in [1.82, 2.24) is 0 Å². The normalized spacial score (nSPS) is 12.6. The van der Waals surface area contributed by atoms with Gasteiger partial charge < -0.3 is 10.3 Å². The Labute approximate surface area is 147 Å². The van der Waals surface area contributed by atoms with Crippen LogP contribution in [-0.2, 0) is 24.5 Å². The largest absolute Gasteiger partial charge is 0.500 e. The molecule has 0 amide bonds. The van der Waals surface area contributed by atoms with E-state index in [9.17, 15) is 21.6 Å². The molecule has 0 fully saturated rings. The summed E-state index contributed by atoms with van der Waals surface area (Å²) >= 11 is 0. The number of benzene rings is 1. The number of rotatable bonds is 3. The molecule has 0 aliphatic rings. The van der Waals surface area contributed by atoms with Crippen molar-refractivity contribution in [3.8, 4) is 5.75 Å². The van der Waals surface area contributed by atoms with E-state index in [2.05, 4.69) is 4.79 Å². The fraction of sp³-hybridized carbons (Fsp3) is 0.467. The Kier molecular flexibility index (Phi) is 5.94. The molecule has 1 aromatic rings. The molecule has 1 rings (SSSR count). The van der Waals surface area contributed by atoms with Crippen LogP contribution < -0.4 is 4.74 Å². The maximum absolute atomic E-state index is 12.5. The van der Waals surface area contributed by atoms with Crippen LogP contribution in [0, 0.1) is 5.92 Å². The Morgan fingerprint density at radius 2 is 1.56 bits per heavy atom. The average molecular weight is 388 g/mol. The van der Waals surface area contributed by atoms with E-state index in [1.54, 1.807) is 13.8 Å². The Balaban J connectivity index is 3.31. The first-order valence-corrected chi connectivity index (χ1v) is 10.3. The molecule has 0 saturated carbocycles. The van der Waals surface area contributed by atoms with Crippen molar-refractivity contribution in [1.29, 1.82) is 0 Å². The smallest absolute Gasteiger partial charge is 0.426 e. The van der Waals surface area contributed by atoms with Crippen molar-refractivity contribution in [2.45, 2.75) is 44.3 Å². The van der Waals surface area contributed by atoms with Crippen molar-refractivity contribution in [2.75, 3.05) is 0 Å². The maximum atomic E-state index is 12.5. The standard InChI is InChI=1S/C15H20N2O6S2/c1-10(2)13(18)23-11-6-8-12(9-7-11)24(19,20)14(17-16)25(21,22)15(3,4)5/h6-10H,1-5H3. The van der Waals surface area contributed by atoms with Crippen LogP contribution >= 0.6 is 0 Å². The van der Waals surface area contributed by atoms with Crippen LogP contribution in [0.2, 0.25) is 0 Å². The molecular formula is C15H20N2O6S2. The number of carbonyl (C=O) groups is 1. The van der Waals surface area contributed by atoms with E-state index in [1.807, 2.05) is 0 Å². The van der Waals surface area contributed by atoms with Gasteiger partial charge >= 0.3 is 10.3 Å². The van der Waals surface area contributed by atoms with Crippen LogP contribution in [0.3, 0.4) is 0 Å². The van der Waals surface area contributed by atoms with Gasteiger partial charge in [0, 0.05) is 0 Å². The van der Waals surface area contributed by atoms with Crippen LogP contribution in [0.25, 0.3) is 5.53 Å². The second kappa shape index (κ2) is 7.07. The number of ether oxygens (including phenoxy) is 1. The van der Waals surface area contributed by atoms with Crippen molar-refractivity contribution < 1.29 is 31.2 Å². The van der Waals surface area contributed by atoms with Crippen LogP contribution in [0.15, 0.2) is 29.2 Å². The van der Waals surface area contributed by atoms with E-state index in [0.717, 1.165) is 12.1 Å².